The number of aryl methyl sites for hydroxylation is 1. The first-order valence-corrected chi connectivity index (χ1v) is 6.43. The van der Waals surface area contributed by atoms with Gasteiger partial charge in [-0.25, -0.2) is 9.37 Å². The Kier molecular flexibility index (Phi) is 4.06. The van der Waals surface area contributed by atoms with E-state index in [2.05, 4.69) is 10.3 Å². The number of carbonyl (C=O) groups is 1. The molecule has 19 heavy (non-hydrogen) atoms. The minimum absolute atomic E-state index is 0.136. The fraction of sp³-hybridized carbons (Fsp3) is 0.167. The van der Waals surface area contributed by atoms with Crippen LogP contribution in [0, 0.1) is 12.7 Å². The molecule has 2 aromatic rings. The highest BCUT2D eigenvalue weighted by Crippen LogP contribution is 2.21. The number of aromatic nitrogens is 1. The number of halogens is 1. The van der Waals surface area contributed by atoms with E-state index in [1.807, 2.05) is 0 Å². The summed E-state index contributed by atoms with van der Waals surface area (Å²) >= 11 is 1.17. The van der Waals surface area contributed by atoms with Gasteiger partial charge in [0, 0.05) is 0 Å². The first kappa shape index (κ1) is 13.4. The molecule has 0 unspecified atom stereocenters. The van der Waals surface area contributed by atoms with Gasteiger partial charge in [-0.3, -0.25) is 4.79 Å². The van der Waals surface area contributed by atoms with Crippen molar-refractivity contribution >= 4 is 29.0 Å². The number of amides is 1. The molecule has 0 atom stereocenters. The monoisotopic (exact) mass is 281 g/mol. The van der Waals surface area contributed by atoms with Gasteiger partial charge in [0.2, 0.25) is 5.91 Å². The zero-order chi connectivity index (χ0) is 13.8. The number of hydrogen-bond donors (Lipinski definition) is 2. The Morgan fingerprint density at radius 2 is 2.37 bits per heavy atom. The molecule has 0 aliphatic heterocycles. The predicted molar refractivity (Wildman–Crippen MR) is 71.4 cm³/mol. The lowest BCUT2D eigenvalue weighted by Crippen LogP contribution is -2.15. The first-order chi connectivity index (χ1) is 9.04. The summed E-state index contributed by atoms with van der Waals surface area (Å²) in [7, 11) is 0. The number of thioether (sulfide) groups is 1. The van der Waals surface area contributed by atoms with Crippen molar-refractivity contribution in [2.45, 2.75) is 12.1 Å². The molecule has 7 heteroatoms. The van der Waals surface area contributed by atoms with Gasteiger partial charge < -0.3 is 15.5 Å². The maximum atomic E-state index is 12.8. The molecule has 0 aliphatic carbocycles. The Balaban J connectivity index is 1.90. The predicted octanol–water partition coefficient (Wildman–Crippen LogP) is 2.44. The number of nitrogens with one attached hydrogen (secondary N) is 1. The maximum Gasteiger partial charge on any atom is 0.256 e. The number of nitrogens with two attached hydrogens (primary N) is 1. The minimum atomic E-state index is -0.444. The number of benzene rings is 1. The van der Waals surface area contributed by atoms with E-state index in [1.165, 1.54) is 30.2 Å². The first-order valence-electron chi connectivity index (χ1n) is 5.44. The third kappa shape index (κ3) is 3.72. The second-order valence-corrected chi connectivity index (χ2v) is 4.75. The number of anilines is 2. The van der Waals surface area contributed by atoms with Gasteiger partial charge >= 0.3 is 0 Å². The third-order valence-electron chi connectivity index (χ3n) is 2.21. The smallest absolute Gasteiger partial charge is 0.256 e. The van der Waals surface area contributed by atoms with Crippen LogP contribution in [-0.2, 0) is 4.79 Å². The Morgan fingerprint density at radius 3 is 3.00 bits per heavy atom. The van der Waals surface area contributed by atoms with E-state index in [0.29, 0.717) is 10.9 Å². The molecule has 3 N–H and O–H groups in total. The van der Waals surface area contributed by atoms with Gasteiger partial charge in [0.15, 0.2) is 0 Å². The number of carbonyl (C=O) groups excluding carboxylic acids is 1. The highest BCUT2D eigenvalue weighted by atomic mass is 32.2. The third-order valence-corrected chi connectivity index (χ3v) is 3.05. The van der Waals surface area contributed by atoms with Crippen molar-refractivity contribution in [2.75, 3.05) is 16.8 Å². The normalized spacial score (nSPS) is 10.4. The molecule has 0 fully saturated rings. The summed E-state index contributed by atoms with van der Waals surface area (Å²) in [6, 6.07) is 3.80. The number of oxazole rings is 1. The highest BCUT2D eigenvalue weighted by molar-refractivity contribution is 7.99. The zero-order valence-electron chi connectivity index (χ0n) is 10.1. The second kappa shape index (κ2) is 5.75. The summed E-state index contributed by atoms with van der Waals surface area (Å²) in [5.74, 6) is -0.573. The molecule has 0 saturated heterocycles. The van der Waals surface area contributed by atoms with Crippen LogP contribution in [0.25, 0.3) is 0 Å². The maximum absolute atomic E-state index is 12.8. The molecule has 1 heterocycles. The number of rotatable bonds is 4. The van der Waals surface area contributed by atoms with Crippen LogP contribution in [0.5, 0.6) is 0 Å². The standard InChI is InChI=1S/C12H12FN3O2S/c1-7-5-18-12(15-7)19-6-11(17)16-10-3-2-8(13)4-9(10)14/h2-5H,6,14H2,1H3,(H,16,17). The van der Waals surface area contributed by atoms with Crippen molar-refractivity contribution in [3.8, 4) is 0 Å². The fourth-order valence-electron chi connectivity index (χ4n) is 1.36. The van der Waals surface area contributed by atoms with Crippen LogP contribution in [0.2, 0.25) is 0 Å². The number of nitrogens with zero attached hydrogens (tertiary/aromatic N) is 1. The van der Waals surface area contributed by atoms with Crippen molar-refractivity contribution in [1.82, 2.24) is 4.98 Å². The summed E-state index contributed by atoms with van der Waals surface area (Å²) in [5.41, 5.74) is 6.91. The van der Waals surface area contributed by atoms with E-state index in [-0.39, 0.29) is 17.3 Å². The van der Waals surface area contributed by atoms with Gasteiger partial charge in [0.05, 0.1) is 22.8 Å². The van der Waals surface area contributed by atoms with Crippen LogP contribution in [0.4, 0.5) is 15.8 Å². The lowest BCUT2D eigenvalue weighted by Gasteiger charge is -2.07. The summed E-state index contributed by atoms with van der Waals surface area (Å²) in [6.07, 6.45) is 1.51. The Bertz CT molecular complexity index is 600. The SMILES string of the molecule is Cc1coc(SCC(=O)Nc2ccc(F)cc2N)n1. The van der Waals surface area contributed by atoms with E-state index < -0.39 is 5.82 Å². The van der Waals surface area contributed by atoms with Crippen LogP contribution >= 0.6 is 11.8 Å². The molecule has 2 rings (SSSR count). The van der Waals surface area contributed by atoms with E-state index in [4.69, 9.17) is 10.2 Å². The molecule has 100 valence electrons. The molecule has 1 amide bonds. The highest BCUT2D eigenvalue weighted by Gasteiger charge is 2.09. The van der Waals surface area contributed by atoms with Crippen LogP contribution in [0.3, 0.4) is 0 Å². The number of nitrogen functional groups attached to an aromatic ring is 1. The van der Waals surface area contributed by atoms with Gasteiger partial charge in [-0.1, -0.05) is 11.8 Å². The molecule has 0 bridgehead atoms. The van der Waals surface area contributed by atoms with E-state index in [1.54, 1.807) is 6.92 Å². The van der Waals surface area contributed by atoms with Gasteiger partial charge in [-0.15, -0.1) is 0 Å². The van der Waals surface area contributed by atoms with Crippen molar-refractivity contribution in [2.24, 2.45) is 0 Å². The molecule has 5 nitrogen and oxygen atoms in total. The van der Waals surface area contributed by atoms with Crippen molar-refractivity contribution in [3.63, 3.8) is 0 Å². The summed E-state index contributed by atoms with van der Waals surface area (Å²) < 4.78 is 17.9. The Morgan fingerprint density at radius 1 is 1.58 bits per heavy atom. The lowest BCUT2D eigenvalue weighted by molar-refractivity contribution is -0.113. The quantitative estimate of drug-likeness (QED) is 0.664. The molecule has 1 aromatic heterocycles. The zero-order valence-corrected chi connectivity index (χ0v) is 11.0. The van der Waals surface area contributed by atoms with E-state index in [0.717, 1.165) is 11.8 Å². The second-order valence-electron chi connectivity index (χ2n) is 3.82. The lowest BCUT2D eigenvalue weighted by atomic mass is 10.2. The summed E-state index contributed by atoms with van der Waals surface area (Å²) in [4.78, 5) is 15.7. The Hall–Kier alpha value is -2.02. The molecule has 0 radical (unpaired) electrons. The van der Waals surface area contributed by atoms with Gasteiger partial charge in [-0.05, 0) is 25.1 Å². The van der Waals surface area contributed by atoms with Gasteiger partial charge in [0.25, 0.3) is 5.22 Å². The van der Waals surface area contributed by atoms with Gasteiger partial charge in [0.1, 0.15) is 12.1 Å². The van der Waals surface area contributed by atoms with E-state index >= 15 is 0 Å². The number of hydrogen-bond acceptors (Lipinski definition) is 5. The van der Waals surface area contributed by atoms with E-state index in [9.17, 15) is 9.18 Å². The van der Waals surface area contributed by atoms with Crippen molar-refractivity contribution in [3.05, 3.63) is 36.0 Å². The topological polar surface area (TPSA) is 81.2 Å². The van der Waals surface area contributed by atoms with Crippen LogP contribution in [0.15, 0.2) is 34.1 Å². The van der Waals surface area contributed by atoms with Crippen LogP contribution in [0.1, 0.15) is 5.69 Å². The Labute approximate surface area is 113 Å². The van der Waals surface area contributed by atoms with Crippen molar-refractivity contribution in [1.29, 1.82) is 0 Å². The molecule has 0 aliphatic rings. The average Bonchev–Trinajstić information content (AvgIpc) is 2.76. The van der Waals surface area contributed by atoms with Gasteiger partial charge in [-0.2, -0.15) is 0 Å². The molecular weight excluding hydrogens is 269 g/mol. The minimum Gasteiger partial charge on any atom is -0.440 e. The summed E-state index contributed by atoms with van der Waals surface area (Å²) in [6.45, 7) is 1.80. The molecule has 0 saturated carbocycles. The fourth-order valence-corrected chi connectivity index (χ4v) is 2.01. The molecule has 0 spiro atoms. The van der Waals surface area contributed by atoms with Crippen LogP contribution < -0.4 is 11.1 Å². The molecular formula is C12H12FN3O2S. The largest absolute Gasteiger partial charge is 0.440 e. The van der Waals surface area contributed by atoms with Crippen molar-refractivity contribution < 1.29 is 13.6 Å². The molecule has 1 aromatic carbocycles. The average molecular weight is 281 g/mol. The van der Waals surface area contributed by atoms with Crippen LogP contribution in [-0.4, -0.2) is 16.6 Å². The summed E-state index contributed by atoms with van der Waals surface area (Å²) in [5, 5.41) is 3.02.